The number of hydrogen-bond acceptors (Lipinski definition) is 3. The van der Waals surface area contributed by atoms with Gasteiger partial charge in [-0.3, -0.25) is 4.79 Å². The second kappa shape index (κ2) is 6.39. The number of anilines is 1. The minimum Gasteiger partial charge on any atom is -0.342 e. The Hall–Kier alpha value is -2.69. The number of pyridine rings is 1. The third-order valence-electron chi connectivity index (χ3n) is 3.44. The van der Waals surface area contributed by atoms with Crippen LogP contribution in [0.5, 0.6) is 0 Å². The lowest BCUT2D eigenvalue weighted by Gasteiger charge is -2.04. The van der Waals surface area contributed by atoms with Crippen LogP contribution in [0.15, 0.2) is 42.6 Å². The predicted octanol–water partition coefficient (Wildman–Crippen LogP) is 3.23. The molecule has 0 atom stereocenters. The molecule has 0 unspecified atom stereocenters. The van der Waals surface area contributed by atoms with Crippen molar-refractivity contribution >= 4 is 22.8 Å². The molecule has 0 aliphatic rings. The molecule has 5 nitrogen and oxygen atoms in total. The van der Waals surface area contributed by atoms with Gasteiger partial charge < -0.3 is 10.3 Å². The fraction of sp³-hybridized carbons (Fsp3) is 0.235. The van der Waals surface area contributed by atoms with E-state index < -0.39 is 0 Å². The minimum absolute atomic E-state index is 0.0192. The quantitative estimate of drug-likeness (QED) is 0.759. The maximum Gasteiger partial charge on any atom is 0.225 e. The van der Waals surface area contributed by atoms with Crippen LogP contribution in [-0.4, -0.2) is 20.9 Å². The Kier molecular flexibility index (Phi) is 4.14. The smallest absolute Gasteiger partial charge is 0.225 e. The number of carbonyl (C=O) groups excluding carboxylic acids is 1. The summed E-state index contributed by atoms with van der Waals surface area (Å²) < 4.78 is 0. The summed E-state index contributed by atoms with van der Waals surface area (Å²) in [5.74, 6) is 1.51. The number of aromatic amines is 1. The van der Waals surface area contributed by atoms with Crippen molar-refractivity contribution in [3.05, 3.63) is 54.0 Å². The summed E-state index contributed by atoms with van der Waals surface area (Å²) in [6.45, 7) is 1.97. The monoisotopic (exact) mass is 294 g/mol. The molecule has 3 aromatic rings. The number of hydrogen-bond donors (Lipinski definition) is 2. The third kappa shape index (κ3) is 3.49. The molecule has 112 valence electrons. The number of para-hydroxylation sites is 2. The first-order valence-corrected chi connectivity index (χ1v) is 7.37. The zero-order valence-corrected chi connectivity index (χ0v) is 12.5. The Morgan fingerprint density at radius 3 is 2.95 bits per heavy atom. The molecule has 2 aromatic heterocycles. The Morgan fingerprint density at radius 1 is 1.27 bits per heavy atom. The molecule has 0 aliphatic heterocycles. The summed E-state index contributed by atoms with van der Waals surface area (Å²) in [4.78, 5) is 23.8. The SMILES string of the molecule is Cc1ccnc(NC(=O)CCCc2nc3ccccc3[nH]2)c1. The van der Waals surface area contributed by atoms with Gasteiger partial charge in [0.1, 0.15) is 11.6 Å². The maximum absolute atomic E-state index is 11.9. The van der Waals surface area contributed by atoms with Gasteiger partial charge in [0.25, 0.3) is 0 Å². The molecule has 0 spiro atoms. The topological polar surface area (TPSA) is 70.7 Å². The highest BCUT2D eigenvalue weighted by molar-refractivity contribution is 5.89. The molecule has 0 bridgehead atoms. The number of benzene rings is 1. The maximum atomic E-state index is 11.9. The van der Waals surface area contributed by atoms with Gasteiger partial charge in [-0.05, 0) is 43.2 Å². The summed E-state index contributed by atoms with van der Waals surface area (Å²) in [5.41, 5.74) is 3.07. The molecule has 2 N–H and O–H groups in total. The zero-order valence-electron chi connectivity index (χ0n) is 12.5. The number of aryl methyl sites for hydroxylation is 2. The summed E-state index contributed by atoms with van der Waals surface area (Å²) in [6, 6.07) is 11.7. The fourth-order valence-corrected chi connectivity index (χ4v) is 2.35. The number of carbonyl (C=O) groups is 1. The first-order valence-electron chi connectivity index (χ1n) is 7.37. The van der Waals surface area contributed by atoms with E-state index in [1.807, 2.05) is 43.3 Å². The summed E-state index contributed by atoms with van der Waals surface area (Å²) in [6.07, 6.45) is 3.65. The molecule has 2 heterocycles. The number of aromatic nitrogens is 3. The molecule has 0 saturated carbocycles. The van der Waals surface area contributed by atoms with Gasteiger partial charge in [-0.2, -0.15) is 0 Å². The van der Waals surface area contributed by atoms with Crippen molar-refractivity contribution in [2.75, 3.05) is 5.32 Å². The normalized spacial score (nSPS) is 10.8. The second-order valence-electron chi connectivity index (χ2n) is 5.32. The zero-order chi connectivity index (χ0) is 15.4. The van der Waals surface area contributed by atoms with Crippen molar-refractivity contribution in [3.63, 3.8) is 0 Å². The van der Waals surface area contributed by atoms with Crippen LogP contribution in [-0.2, 0) is 11.2 Å². The van der Waals surface area contributed by atoms with Gasteiger partial charge in [-0.25, -0.2) is 9.97 Å². The van der Waals surface area contributed by atoms with Gasteiger partial charge >= 0.3 is 0 Å². The van der Waals surface area contributed by atoms with Crippen molar-refractivity contribution in [2.24, 2.45) is 0 Å². The number of imidazole rings is 1. The van der Waals surface area contributed by atoms with Gasteiger partial charge in [0.2, 0.25) is 5.91 Å². The van der Waals surface area contributed by atoms with E-state index in [9.17, 15) is 4.79 Å². The molecule has 0 aliphatic carbocycles. The second-order valence-corrected chi connectivity index (χ2v) is 5.32. The number of amides is 1. The molecule has 0 radical (unpaired) electrons. The lowest BCUT2D eigenvalue weighted by Crippen LogP contribution is -2.12. The van der Waals surface area contributed by atoms with E-state index in [2.05, 4.69) is 20.3 Å². The minimum atomic E-state index is -0.0192. The average Bonchev–Trinajstić information content (AvgIpc) is 2.90. The average molecular weight is 294 g/mol. The van der Waals surface area contributed by atoms with Gasteiger partial charge in [-0.1, -0.05) is 12.1 Å². The summed E-state index contributed by atoms with van der Waals surface area (Å²) >= 11 is 0. The highest BCUT2D eigenvalue weighted by atomic mass is 16.1. The molecule has 0 fully saturated rings. The summed E-state index contributed by atoms with van der Waals surface area (Å²) in [7, 11) is 0. The molecule has 0 saturated heterocycles. The van der Waals surface area contributed by atoms with Crippen molar-refractivity contribution in [1.29, 1.82) is 0 Å². The van der Waals surface area contributed by atoms with Crippen LogP contribution in [0.4, 0.5) is 5.82 Å². The van der Waals surface area contributed by atoms with E-state index in [-0.39, 0.29) is 5.91 Å². The highest BCUT2D eigenvalue weighted by Gasteiger charge is 2.06. The van der Waals surface area contributed by atoms with Gasteiger partial charge in [0.15, 0.2) is 0 Å². The lowest BCUT2D eigenvalue weighted by molar-refractivity contribution is -0.116. The number of fused-ring (bicyclic) bond motifs is 1. The van der Waals surface area contributed by atoms with E-state index in [0.717, 1.165) is 35.3 Å². The van der Waals surface area contributed by atoms with Crippen LogP contribution in [0, 0.1) is 6.92 Å². The molecular weight excluding hydrogens is 276 g/mol. The standard InChI is InChI=1S/C17H18N4O/c1-12-9-10-18-16(11-12)21-17(22)8-4-7-15-19-13-5-2-3-6-14(13)20-15/h2-3,5-6,9-11H,4,7-8H2,1H3,(H,19,20)(H,18,21,22). The first-order chi connectivity index (χ1) is 10.7. The number of rotatable bonds is 5. The van der Waals surface area contributed by atoms with E-state index in [1.165, 1.54) is 0 Å². The van der Waals surface area contributed by atoms with Crippen LogP contribution >= 0.6 is 0 Å². The fourth-order valence-electron chi connectivity index (χ4n) is 2.35. The Morgan fingerprint density at radius 2 is 2.14 bits per heavy atom. The van der Waals surface area contributed by atoms with Crippen LogP contribution in [0.1, 0.15) is 24.2 Å². The molecule has 5 heteroatoms. The van der Waals surface area contributed by atoms with E-state index >= 15 is 0 Å². The first kappa shape index (κ1) is 14.3. The Labute approximate surface area is 128 Å². The highest BCUT2D eigenvalue weighted by Crippen LogP contribution is 2.12. The lowest BCUT2D eigenvalue weighted by atomic mass is 10.2. The van der Waals surface area contributed by atoms with Crippen molar-refractivity contribution in [3.8, 4) is 0 Å². The largest absolute Gasteiger partial charge is 0.342 e. The van der Waals surface area contributed by atoms with Crippen LogP contribution in [0.25, 0.3) is 11.0 Å². The van der Waals surface area contributed by atoms with Crippen LogP contribution in [0.2, 0.25) is 0 Å². The van der Waals surface area contributed by atoms with E-state index in [4.69, 9.17) is 0 Å². The molecular formula is C17H18N4O. The molecule has 3 rings (SSSR count). The van der Waals surface area contributed by atoms with Gasteiger partial charge in [-0.15, -0.1) is 0 Å². The number of H-pyrrole nitrogens is 1. The van der Waals surface area contributed by atoms with Crippen LogP contribution < -0.4 is 5.32 Å². The molecule has 1 amide bonds. The third-order valence-corrected chi connectivity index (χ3v) is 3.44. The van der Waals surface area contributed by atoms with E-state index in [1.54, 1.807) is 6.20 Å². The Balaban J connectivity index is 1.51. The summed E-state index contributed by atoms with van der Waals surface area (Å²) in [5, 5.41) is 2.81. The Bertz CT molecular complexity index is 761. The van der Waals surface area contributed by atoms with Gasteiger partial charge in [0.05, 0.1) is 11.0 Å². The number of nitrogens with one attached hydrogen (secondary N) is 2. The van der Waals surface area contributed by atoms with Crippen LogP contribution in [0.3, 0.4) is 0 Å². The number of nitrogens with zero attached hydrogens (tertiary/aromatic N) is 2. The molecule has 1 aromatic carbocycles. The van der Waals surface area contributed by atoms with Crippen molar-refractivity contribution in [1.82, 2.24) is 15.0 Å². The van der Waals surface area contributed by atoms with Crippen molar-refractivity contribution in [2.45, 2.75) is 26.2 Å². The predicted molar refractivity (Wildman–Crippen MR) is 86.6 cm³/mol. The molecule has 22 heavy (non-hydrogen) atoms. The van der Waals surface area contributed by atoms with E-state index in [0.29, 0.717) is 12.2 Å². The van der Waals surface area contributed by atoms with Gasteiger partial charge in [0, 0.05) is 19.0 Å². The van der Waals surface area contributed by atoms with Crippen molar-refractivity contribution < 1.29 is 4.79 Å².